The van der Waals surface area contributed by atoms with E-state index in [-0.39, 0.29) is 0 Å². The van der Waals surface area contributed by atoms with Crippen molar-refractivity contribution in [1.29, 1.82) is 0 Å². The molecule has 2 nitrogen and oxygen atoms in total. The number of rotatable bonds is 6. The molecule has 0 aromatic carbocycles. The zero-order chi connectivity index (χ0) is 8.86. The first-order valence-corrected chi connectivity index (χ1v) is 5.03. The van der Waals surface area contributed by atoms with Crippen LogP contribution in [0.5, 0.6) is 0 Å². The molecule has 0 saturated carbocycles. The van der Waals surface area contributed by atoms with Crippen LogP contribution in [0.1, 0.15) is 32.6 Å². The highest BCUT2D eigenvalue weighted by atomic mass is 16.5. The van der Waals surface area contributed by atoms with Crippen LogP contribution in [-0.2, 0) is 4.74 Å². The van der Waals surface area contributed by atoms with E-state index in [1.807, 2.05) is 0 Å². The molecule has 1 fully saturated rings. The summed E-state index contributed by atoms with van der Waals surface area (Å²) in [5, 5.41) is 3.36. The van der Waals surface area contributed by atoms with Gasteiger partial charge in [-0.2, -0.15) is 0 Å². The summed E-state index contributed by atoms with van der Waals surface area (Å²) in [6.07, 6.45) is 5.24. The summed E-state index contributed by atoms with van der Waals surface area (Å²) in [6, 6.07) is 0. The molecule has 0 bridgehead atoms. The molecule has 1 heterocycles. The largest absolute Gasteiger partial charge is 0.385 e. The molecule has 1 rings (SSSR count). The molecular formula is C10H21NO. The third kappa shape index (κ3) is 2.46. The Kier molecular flexibility index (Phi) is 4.02. The molecule has 1 N–H and O–H groups in total. The Bertz CT molecular complexity index is 115. The summed E-state index contributed by atoms with van der Waals surface area (Å²) < 4.78 is 5.03. The third-order valence-electron chi connectivity index (χ3n) is 3.06. The minimum atomic E-state index is 0.647. The molecule has 1 aliphatic heterocycles. The van der Waals surface area contributed by atoms with Crippen LogP contribution in [0.3, 0.4) is 0 Å². The number of nitrogens with one attached hydrogen (secondary N) is 1. The third-order valence-corrected chi connectivity index (χ3v) is 3.06. The maximum atomic E-state index is 5.03. The van der Waals surface area contributed by atoms with E-state index < -0.39 is 0 Å². The highest BCUT2D eigenvalue weighted by Crippen LogP contribution is 2.32. The van der Waals surface area contributed by atoms with E-state index in [4.69, 9.17) is 4.74 Å². The van der Waals surface area contributed by atoms with Crippen LogP contribution in [0.4, 0.5) is 0 Å². The number of methoxy groups -OCH3 is 1. The van der Waals surface area contributed by atoms with Crippen LogP contribution >= 0.6 is 0 Å². The van der Waals surface area contributed by atoms with Crippen molar-refractivity contribution in [3.05, 3.63) is 0 Å². The smallest absolute Gasteiger partial charge is 0.0462 e. The Hall–Kier alpha value is -0.0800. The fraction of sp³-hybridized carbons (Fsp3) is 1.00. The summed E-state index contributed by atoms with van der Waals surface area (Å²) in [6.45, 7) is 5.69. The molecule has 0 aliphatic carbocycles. The van der Waals surface area contributed by atoms with E-state index in [2.05, 4.69) is 12.2 Å². The topological polar surface area (TPSA) is 21.3 Å². The molecular weight excluding hydrogens is 150 g/mol. The molecule has 1 aliphatic rings. The highest BCUT2D eigenvalue weighted by Gasteiger charge is 2.33. The molecule has 12 heavy (non-hydrogen) atoms. The van der Waals surface area contributed by atoms with Gasteiger partial charge in [-0.1, -0.05) is 13.3 Å². The average molecular weight is 171 g/mol. The molecule has 1 saturated heterocycles. The van der Waals surface area contributed by atoms with Gasteiger partial charge in [-0.3, -0.25) is 0 Å². The summed E-state index contributed by atoms with van der Waals surface area (Å²) in [5.41, 5.74) is 0.647. The molecule has 0 radical (unpaired) electrons. The number of ether oxygens (including phenoxy) is 1. The molecule has 2 heteroatoms. The van der Waals surface area contributed by atoms with Gasteiger partial charge < -0.3 is 10.1 Å². The lowest BCUT2D eigenvalue weighted by Crippen LogP contribution is -2.52. The van der Waals surface area contributed by atoms with Crippen molar-refractivity contribution in [1.82, 2.24) is 5.32 Å². The van der Waals surface area contributed by atoms with Gasteiger partial charge in [0.05, 0.1) is 0 Å². The molecule has 0 aromatic rings. The minimum absolute atomic E-state index is 0.647. The fourth-order valence-corrected chi connectivity index (χ4v) is 1.83. The monoisotopic (exact) mass is 171 g/mol. The van der Waals surface area contributed by atoms with Crippen LogP contribution in [0.2, 0.25) is 0 Å². The standard InChI is InChI=1S/C10H21NO/c1-3-10(8-11-9-10)6-4-5-7-12-2/h11H,3-9H2,1-2H3. The average Bonchev–Trinajstić information content (AvgIpc) is 2.02. The second kappa shape index (κ2) is 4.83. The lowest BCUT2D eigenvalue weighted by atomic mass is 9.75. The van der Waals surface area contributed by atoms with Crippen LogP contribution in [0.15, 0.2) is 0 Å². The number of hydrogen-bond acceptors (Lipinski definition) is 2. The van der Waals surface area contributed by atoms with Crippen LogP contribution in [0.25, 0.3) is 0 Å². The van der Waals surface area contributed by atoms with Crippen LogP contribution in [-0.4, -0.2) is 26.8 Å². The van der Waals surface area contributed by atoms with E-state index >= 15 is 0 Å². The molecule has 0 atom stereocenters. The van der Waals surface area contributed by atoms with Crippen molar-refractivity contribution in [3.63, 3.8) is 0 Å². The Morgan fingerprint density at radius 1 is 1.33 bits per heavy atom. The van der Waals surface area contributed by atoms with E-state index in [1.165, 1.54) is 38.8 Å². The van der Waals surface area contributed by atoms with Gasteiger partial charge in [0, 0.05) is 26.8 Å². The van der Waals surface area contributed by atoms with E-state index in [0.29, 0.717) is 5.41 Å². The number of unbranched alkanes of at least 4 members (excludes halogenated alkanes) is 1. The lowest BCUT2D eigenvalue weighted by Gasteiger charge is -2.42. The Morgan fingerprint density at radius 2 is 2.08 bits per heavy atom. The summed E-state index contributed by atoms with van der Waals surface area (Å²) in [5.74, 6) is 0. The zero-order valence-corrected chi connectivity index (χ0v) is 8.36. The Labute approximate surface area is 75.7 Å². The molecule has 0 amide bonds. The van der Waals surface area contributed by atoms with Crippen molar-refractivity contribution in [3.8, 4) is 0 Å². The van der Waals surface area contributed by atoms with Crippen molar-refractivity contribution in [2.24, 2.45) is 5.41 Å². The van der Waals surface area contributed by atoms with Crippen molar-refractivity contribution < 1.29 is 4.74 Å². The Balaban J connectivity index is 2.04. The molecule has 0 spiro atoms. The maximum absolute atomic E-state index is 5.03. The normalized spacial score (nSPS) is 20.5. The predicted octanol–water partition coefficient (Wildman–Crippen LogP) is 1.80. The van der Waals surface area contributed by atoms with Gasteiger partial charge in [-0.25, -0.2) is 0 Å². The van der Waals surface area contributed by atoms with Gasteiger partial charge in [0.2, 0.25) is 0 Å². The van der Waals surface area contributed by atoms with Crippen molar-refractivity contribution in [2.75, 3.05) is 26.8 Å². The summed E-state index contributed by atoms with van der Waals surface area (Å²) in [4.78, 5) is 0. The molecule has 0 unspecified atom stereocenters. The van der Waals surface area contributed by atoms with Crippen molar-refractivity contribution in [2.45, 2.75) is 32.6 Å². The van der Waals surface area contributed by atoms with E-state index in [9.17, 15) is 0 Å². The quantitative estimate of drug-likeness (QED) is 0.615. The van der Waals surface area contributed by atoms with Gasteiger partial charge in [-0.15, -0.1) is 0 Å². The lowest BCUT2D eigenvalue weighted by molar-refractivity contribution is 0.131. The number of hydrogen-bond donors (Lipinski definition) is 1. The Morgan fingerprint density at radius 3 is 2.50 bits per heavy atom. The second-order valence-corrected chi connectivity index (χ2v) is 3.91. The summed E-state index contributed by atoms with van der Waals surface area (Å²) >= 11 is 0. The minimum Gasteiger partial charge on any atom is -0.385 e. The van der Waals surface area contributed by atoms with Gasteiger partial charge >= 0.3 is 0 Å². The summed E-state index contributed by atoms with van der Waals surface area (Å²) in [7, 11) is 1.78. The molecule has 0 aromatic heterocycles. The van der Waals surface area contributed by atoms with Crippen LogP contribution < -0.4 is 5.32 Å². The molecule has 72 valence electrons. The van der Waals surface area contributed by atoms with Crippen LogP contribution in [0, 0.1) is 5.41 Å². The SMILES string of the molecule is CCC1(CCCCOC)CNC1. The van der Waals surface area contributed by atoms with Gasteiger partial charge in [0.25, 0.3) is 0 Å². The zero-order valence-electron chi connectivity index (χ0n) is 8.36. The first-order chi connectivity index (χ1) is 5.83. The predicted molar refractivity (Wildman–Crippen MR) is 51.3 cm³/mol. The van der Waals surface area contributed by atoms with Gasteiger partial charge in [0.15, 0.2) is 0 Å². The maximum Gasteiger partial charge on any atom is 0.0462 e. The first-order valence-electron chi connectivity index (χ1n) is 5.03. The van der Waals surface area contributed by atoms with Crippen molar-refractivity contribution >= 4 is 0 Å². The van der Waals surface area contributed by atoms with E-state index in [1.54, 1.807) is 7.11 Å². The highest BCUT2D eigenvalue weighted by molar-refractivity contribution is 4.90. The fourth-order valence-electron chi connectivity index (χ4n) is 1.83. The van der Waals surface area contributed by atoms with Gasteiger partial charge in [-0.05, 0) is 24.7 Å². The van der Waals surface area contributed by atoms with Gasteiger partial charge in [0.1, 0.15) is 0 Å². The van der Waals surface area contributed by atoms with E-state index in [0.717, 1.165) is 6.61 Å². The first kappa shape index (κ1) is 10.0. The second-order valence-electron chi connectivity index (χ2n) is 3.91.